The molecule has 0 saturated carbocycles. The van der Waals surface area contributed by atoms with Gasteiger partial charge in [0.1, 0.15) is 23.9 Å². The van der Waals surface area contributed by atoms with Crippen LogP contribution in [0.5, 0.6) is 5.75 Å². The van der Waals surface area contributed by atoms with Gasteiger partial charge in [0, 0.05) is 4.47 Å². The van der Waals surface area contributed by atoms with Gasteiger partial charge in [-0.1, -0.05) is 52.3 Å². The average Bonchev–Trinajstić information content (AvgIpc) is 2.89. The van der Waals surface area contributed by atoms with Gasteiger partial charge in [-0.25, -0.2) is 4.99 Å². The molecule has 4 nitrogen and oxygen atoms in total. The summed E-state index contributed by atoms with van der Waals surface area (Å²) >= 11 is 3.45. The van der Waals surface area contributed by atoms with Crippen LogP contribution in [0.15, 0.2) is 69.8 Å². The lowest BCUT2D eigenvalue weighted by molar-refractivity contribution is -0.115. The second-order valence-electron chi connectivity index (χ2n) is 4.67. The summed E-state index contributed by atoms with van der Waals surface area (Å²) in [6.07, 6.45) is 1.74. The number of benzene rings is 2. The van der Waals surface area contributed by atoms with Crippen molar-refractivity contribution in [2.45, 2.75) is 0 Å². The van der Waals surface area contributed by atoms with E-state index in [1.165, 1.54) is 0 Å². The third kappa shape index (κ3) is 3.43. The minimum absolute atomic E-state index is 0.220. The van der Waals surface area contributed by atoms with E-state index in [0.29, 0.717) is 11.5 Å². The van der Waals surface area contributed by atoms with Crippen molar-refractivity contribution in [1.82, 2.24) is 5.32 Å². The van der Waals surface area contributed by atoms with Crippen molar-refractivity contribution >= 4 is 33.7 Å². The fraction of sp³-hybridized carbons (Fsp3) is 0.0588. The van der Waals surface area contributed by atoms with Gasteiger partial charge in [-0.05, 0) is 29.8 Å². The third-order valence-corrected chi connectivity index (χ3v) is 3.78. The fourth-order valence-corrected chi connectivity index (χ4v) is 2.39. The maximum Gasteiger partial charge on any atom is 0.275 e. The normalized spacial score (nSPS) is 15.6. The minimum atomic E-state index is -0.220. The number of nitrogens with zero attached hydrogens (tertiary/aromatic N) is 1. The summed E-state index contributed by atoms with van der Waals surface area (Å²) in [4.78, 5) is 16.2. The Morgan fingerprint density at radius 1 is 1.09 bits per heavy atom. The highest BCUT2D eigenvalue weighted by molar-refractivity contribution is 9.10. The molecule has 1 aliphatic heterocycles. The second-order valence-corrected chi connectivity index (χ2v) is 5.52. The predicted molar refractivity (Wildman–Crippen MR) is 89.6 cm³/mol. The van der Waals surface area contributed by atoms with Crippen molar-refractivity contribution < 1.29 is 9.53 Å². The highest BCUT2D eigenvalue weighted by Crippen LogP contribution is 2.20. The fourth-order valence-electron chi connectivity index (χ4n) is 1.99. The number of carbonyl (C=O) groups excluding carboxylic acids is 1. The molecule has 0 aromatic heterocycles. The summed E-state index contributed by atoms with van der Waals surface area (Å²) in [7, 11) is 0. The summed E-state index contributed by atoms with van der Waals surface area (Å²) in [5.41, 5.74) is 1.28. The molecule has 0 bridgehead atoms. The first-order valence-electron chi connectivity index (χ1n) is 6.75. The third-order valence-electron chi connectivity index (χ3n) is 3.06. The first kappa shape index (κ1) is 14.5. The van der Waals surface area contributed by atoms with Crippen molar-refractivity contribution in [2.75, 3.05) is 6.61 Å². The zero-order chi connectivity index (χ0) is 15.4. The van der Waals surface area contributed by atoms with Crippen LogP contribution in [0.1, 0.15) is 5.56 Å². The number of amidine groups is 1. The highest BCUT2D eigenvalue weighted by atomic mass is 79.9. The van der Waals surface area contributed by atoms with E-state index in [9.17, 15) is 4.79 Å². The number of carbonyl (C=O) groups is 1. The lowest BCUT2D eigenvalue weighted by Gasteiger charge is -2.04. The van der Waals surface area contributed by atoms with Gasteiger partial charge in [0.25, 0.3) is 5.91 Å². The molecule has 1 heterocycles. The van der Waals surface area contributed by atoms with Crippen LogP contribution in [0, 0.1) is 0 Å². The number of ether oxygens (including phenoxy) is 1. The van der Waals surface area contributed by atoms with Crippen LogP contribution in [0.2, 0.25) is 0 Å². The molecule has 0 aliphatic carbocycles. The molecule has 0 radical (unpaired) electrons. The number of halogens is 1. The number of para-hydroxylation sites is 1. The lowest BCUT2D eigenvalue weighted by atomic mass is 10.2. The van der Waals surface area contributed by atoms with Crippen molar-refractivity contribution in [3.63, 3.8) is 0 Å². The lowest BCUT2D eigenvalue weighted by Crippen LogP contribution is -2.28. The van der Waals surface area contributed by atoms with Gasteiger partial charge in [-0.15, -0.1) is 0 Å². The maximum absolute atomic E-state index is 11.9. The van der Waals surface area contributed by atoms with Gasteiger partial charge < -0.3 is 10.1 Å². The second kappa shape index (κ2) is 6.58. The molecule has 3 rings (SSSR count). The number of hydrogen-bond acceptors (Lipinski definition) is 3. The summed E-state index contributed by atoms with van der Waals surface area (Å²) in [6, 6.07) is 17.1. The Morgan fingerprint density at radius 3 is 2.59 bits per heavy atom. The van der Waals surface area contributed by atoms with E-state index in [4.69, 9.17) is 4.74 Å². The molecular weight excluding hydrogens is 344 g/mol. The summed E-state index contributed by atoms with van der Waals surface area (Å²) in [5.74, 6) is 1.03. The zero-order valence-corrected chi connectivity index (χ0v) is 13.2. The Balaban J connectivity index is 1.73. The summed E-state index contributed by atoms with van der Waals surface area (Å²) in [5, 5.41) is 2.72. The molecule has 5 heteroatoms. The Kier molecular flexibility index (Phi) is 4.34. The molecule has 0 unspecified atom stereocenters. The van der Waals surface area contributed by atoms with Crippen molar-refractivity contribution in [3.05, 3.63) is 70.3 Å². The van der Waals surface area contributed by atoms with Crippen LogP contribution < -0.4 is 10.1 Å². The van der Waals surface area contributed by atoms with Gasteiger partial charge in [-0.2, -0.15) is 0 Å². The maximum atomic E-state index is 11.9. The van der Waals surface area contributed by atoms with Gasteiger partial charge in [-0.3, -0.25) is 4.79 Å². The molecule has 2 aromatic rings. The van der Waals surface area contributed by atoms with Crippen LogP contribution in [0.3, 0.4) is 0 Å². The van der Waals surface area contributed by atoms with Crippen LogP contribution in [0.25, 0.3) is 6.08 Å². The van der Waals surface area contributed by atoms with Gasteiger partial charge in [0.05, 0.1) is 0 Å². The number of rotatable bonds is 4. The minimum Gasteiger partial charge on any atom is -0.486 e. The van der Waals surface area contributed by atoms with E-state index in [1.54, 1.807) is 6.08 Å². The van der Waals surface area contributed by atoms with Crippen LogP contribution >= 0.6 is 15.9 Å². The van der Waals surface area contributed by atoms with Crippen LogP contribution in [-0.2, 0) is 4.79 Å². The van der Waals surface area contributed by atoms with Crippen molar-refractivity contribution in [3.8, 4) is 5.75 Å². The molecule has 0 saturated heterocycles. The summed E-state index contributed by atoms with van der Waals surface area (Å²) in [6.45, 7) is 0.225. The molecule has 1 aliphatic rings. The number of aliphatic imine (C=N–C) groups is 1. The number of nitrogens with one attached hydrogen (secondary N) is 1. The van der Waals surface area contributed by atoms with E-state index in [-0.39, 0.29) is 12.5 Å². The zero-order valence-electron chi connectivity index (χ0n) is 11.6. The smallest absolute Gasteiger partial charge is 0.275 e. The van der Waals surface area contributed by atoms with Gasteiger partial charge >= 0.3 is 0 Å². The topological polar surface area (TPSA) is 50.7 Å². The van der Waals surface area contributed by atoms with E-state index >= 15 is 0 Å². The van der Waals surface area contributed by atoms with E-state index in [1.807, 2.05) is 54.6 Å². The van der Waals surface area contributed by atoms with E-state index in [0.717, 1.165) is 15.8 Å². The Hall–Kier alpha value is -2.40. The number of amides is 1. The molecule has 1 amide bonds. The highest BCUT2D eigenvalue weighted by Gasteiger charge is 2.20. The van der Waals surface area contributed by atoms with Gasteiger partial charge in [0.2, 0.25) is 0 Å². The first-order valence-corrected chi connectivity index (χ1v) is 7.55. The molecule has 0 fully saturated rings. The standard InChI is InChI=1S/C17H13BrN2O2/c18-14-9-5-4-6-12(14)10-15-17(21)20-16(19-15)11-22-13-7-2-1-3-8-13/h1-10H,11H2,(H,19,20,21)/b15-10-. The van der Waals surface area contributed by atoms with Crippen molar-refractivity contribution in [1.29, 1.82) is 0 Å². The number of hydrogen-bond donors (Lipinski definition) is 1. The van der Waals surface area contributed by atoms with Crippen molar-refractivity contribution in [2.24, 2.45) is 4.99 Å². The predicted octanol–water partition coefficient (Wildman–Crippen LogP) is 3.40. The molecule has 22 heavy (non-hydrogen) atoms. The molecule has 2 aromatic carbocycles. The average molecular weight is 357 g/mol. The molecular formula is C17H13BrN2O2. The van der Waals surface area contributed by atoms with Crippen LogP contribution in [-0.4, -0.2) is 18.3 Å². The summed E-state index contributed by atoms with van der Waals surface area (Å²) < 4.78 is 6.49. The van der Waals surface area contributed by atoms with E-state index < -0.39 is 0 Å². The molecule has 1 N–H and O–H groups in total. The van der Waals surface area contributed by atoms with Gasteiger partial charge in [0.15, 0.2) is 0 Å². The Morgan fingerprint density at radius 2 is 1.82 bits per heavy atom. The largest absolute Gasteiger partial charge is 0.486 e. The first-order chi connectivity index (χ1) is 10.7. The SMILES string of the molecule is O=C1NC(COc2ccccc2)=N/C1=C\c1ccccc1Br. The molecule has 0 atom stereocenters. The van der Waals surface area contributed by atoms with E-state index in [2.05, 4.69) is 26.2 Å². The Bertz CT molecular complexity index is 754. The molecule has 110 valence electrons. The Labute approximate surface area is 136 Å². The quantitative estimate of drug-likeness (QED) is 0.853. The molecule has 0 spiro atoms. The monoisotopic (exact) mass is 356 g/mol. The van der Waals surface area contributed by atoms with Crippen LogP contribution in [0.4, 0.5) is 0 Å².